The molecule has 0 bridgehead atoms. The van der Waals surface area contributed by atoms with E-state index in [0.29, 0.717) is 19.0 Å². The van der Waals surface area contributed by atoms with Gasteiger partial charge in [0.05, 0.1) is 21.4 Å². The van der Waals surface area contributed by atoms with Crippen LogP contribution in [0.3, 0.4) is 0 Å². The molecule has 108 valence electrons. The predicted molar refractivity (Wildman–Crippen MR) is 88.3 cm³/mol. The van der Waals surface area contributed by atoms with Crippen molar-refractivity contribution in [3.63, 3.8) is 0 Å². The molecule has 0 unspecified atom stereocenters. The monoisotopic (exact) mass is 476 g/mol. The van der Waals surface area contributed by atoms with Gasteiger partial charge in [-0.1, -0.05) is 15.9 Å². The van der Waals surface area contributed by atoms with E-state index < -0.39 is 5.91 Å². The molecule has 0 fully saturated rings. The number of rotatable bonds is 3. The van der Waals surface area contributed by atoms with E-state index in [9.17, 15) is 9.90 Å². The number of carbonyl (C=O) groups is 1. The fourth-order valence-electron chi connectivity index (χ4n) is 1.34. The van der Waals surface area contributed by atoms with E-state index in [1.54, 1.807) is 6.07 Å². The second-order valence-electron chi connectivity index (χ2n) is 3.71. The third kappa shape index (κ3) is 3.86. The Morgan fingerprint density at radius 3 is 2.71 bits per heavy atom. The molecule has 21 heavy (non-hydrogen) atoms. The molecule has 0 spiro atoms. The number of hydrogen-bond acceptors (Lipinski definition) is 5. The summed E-state index contributed by atoms with van der Waals surface area (Å²) in [7, 11) is 0. The zero-order valence-electron chi connectivity index (χ0n) is 10.2. The zero-order valence-corrected chi connectivity index (χ0v) is 15.0. The van der Waals surface area contributed by atoms with Crippen molar-refractivity contribution in [1.82, 2.24) is 15.4 Å². The molecule has 0 radical (unpaired) electrons. The highest BCUT2D eigenvalue weighted by Crippen LogP contribution is 2.38. The molecular formula is C12H7Br3N4O2. The average molecular weight is 479 g/mol. The van der Waals surface area contributed by atoms with Crippen LogP contribution < -0.4 is 5.43 Å². The molecule has 0 aliphatic carbocycles. The number of hydrogen-bond donors (Lipinski definition) is 2. The summed E-state index contributed by atoms with van der Waals surface area (Å²) >= 11 is 9.82. The van der Waals surface area contributed by atoms with Crippen molar-refractivity contribution >= 4 is 59.9 Å². The van der Waals surface area contributed by atoms with Crippen molar-refractivity contribution in [1.29, 1.82) is 0 Å². The van der Waals surface area contributed by atoms with E-state index in [4.69, 9.17) is 0 Å². The number of hydrazone groups is 1. The minimum atomic E-state index is -0.479. The van der Waals surface area contributed by atoms with Crippen LogP contribution in [0.15, 0.2) is 43.2 Å². The lowest BCUT2D eigenvalue weighted by Crippen LogP contribution is -2.19. The molecule has 2 aromatic rings. The lowest BCUT2D eigenvalue weighted by molar-refractivity contribution is 0.0949. The topological polar surface area (TPSA) is 87.5 Å². The van der Waals surface area contributed by atoms with Crippen molar-refractivity contribution in [2.24, 2.45) is 5.10 Å². The minimum absolute atomic E-state index is 0.0416. The van der Waals surface area contributed by atoms with Crippen molar-refractivity contribution in [2.45, 2.75) is 0 Å². The molecule has 2 N–H and O–H groups in total. The summed E-state index contributed by atoms with van der Waals surface area (Å²) in [6, 6.07) is 1.67. The molecular weight excluding hydrogens is 472 g/mol. The van der Waals surface area contributed by atoms with Gasteiger partial charge in [-0.2, -0.15) is 5.10 Å². The molecule has 0 atom stereocenters. The number of amides is 1. The fraction of sp³-hybridized carbons (Fsp3) is 0. The molecule has 1 heterocycles. The van der Waals surface area contributed by atoms with Crippen molar-refractivity contribution in [2.75, 3.05) is 0 Å². The predicted octanol–water partition coefficient (Wildman–Crippen LogP) is 3.23. The molecule has 6 nitrogen and oxygen atoms in total. The number of aromatic hydroxyl groups is 1. The number of phenols is 1. The van der Waals surface area contributed by atoms with Crippen LogP contribution in [0, 0.1) is 0 Å². The first kappa shape index (κ1) is 16.1. The van der Waals surface area contributed by atoms with Gasteiger partial charge in [0, 0.05) is 22.4 Å². The van der Waals surface area contributed by atoms with Crippen LogP contribution in [0.2, 0.25) is 0 Å². The molecule has 1 amide bonds. The van der Waals surface area contributed by atoms with Gasteiger partial charge < -0.3 is 5.11 Å². The van der Waals surface area contributed by atoms with Gasteiger partial charge in [-0.15, -0.1) is 0 Å². The second kappa shape index (κ2) is 7.10. The Labute approximate surface area is 145 Å². The first-order valence-electron chi connectivity index (χ1n) is 5.46. The molecule has 0 aliphatic heterocycles. The molecule has 9 heteroatoms. The Balaban J connectivity index is 2.16. The van der Waals surface area contributed by atoms with Crippen LogP contribution in [-0.2, 0) is 0 Å². The van der Waals surface area contributed by atoms with E-state index in [1.807, 2.05) is 0 Å². The van der Waals surface area contributed by atoms with E-state index >= 15 is 0 Å². The second-order valence-corrected chi connectivity index (χ2v) is 6.21. The highest BCUT2D eigenvalue weighted by molar-refractivity contribution is 9.11. The van der Waals surface area contributed by atoms with Crippen molar-refractivity contribution in [3.05, 3.63) is 49.3 Å². The Bertz CT molecular complexity index is 707. The number of halogens is 3. The highest BCUT2D eigenvalue weighted by atomic mass is 79.9. The van der Waals surface area contributed by atoms with Crippen molar-refractivity contribution in [3.8, 4) is 5.75 Å². The van der Waals surface area contributed by atoms with Crippen LogP contribution in [0.5, 0.6) is 5.75 Å². The first-order chi connectivity index (χ1) is 10.0. The zero-order chi connectivity index (χ0) is 15.4. The normalized spacial score (nSPS) is 10.8. The van der Waals surface area contributed by atoms with Gasteiger partial charge in [0.2, 0.25) is 0 Å². The van der Waals surface area contributed by atoms with Gasteiger partial charge in [0.25, 0.3) is 5.91 Å². The summed E-state index contributed by atoms with van der Waals surface area (Å²) in [5.74, 6) is -0.437. The molecule has 0 saturated carbocycles. The SMILES string of the molecule is O=C(NN=Cc1c(Br)cc(Br)c(O)c1Br)c1cnccn1. The smallest absolute Gasteiger partial charge is 0.291 e. The molecule has 1 aromatic carbocycles. The van der Waals surface area contributed by atoms with Crippen LogP contribution in [0.4, 0.5) is 0 Å². The van der Waals surface area contributed by atoms with Crippen LogP contribution in [0.1, 0.15) is 16.1 Å². The van der Waals surface area contributed by atoms with Gasteiger partial charge in [-0.3, -0.25) is 9.78 Å². The maximum atomic E-state index is 11.7. The van der Waals surface area contributed by atoms with E-state index in [-0.39, 0.29) is 11.4 Å². The highest BCUT2D eigenvalue weighted by Gasteiger charge is 2.12. The molecule has 0 aliphatic rings. The first-order valence-corrected chi connectivity index (χ1v) is 7.84. The fourth-order valence-corrected chi connectivity index (χ4v) is 3.67. The Hall–Kier alpha value is -1.32. The standard InChI is InChI=1S/C12H7Br3N4O2/c13-7-3-8(14)11(20)10(15)6(7)4-18-19-12(21)9-5-16-1-2-17-9/h1-5,20H,(H,19,21). The summed E-state index contributed by atoms with van der Waals surface area (Å²) in [4.78, 5) is 19.4. The maximum Gasteiger partial charge on any atom is 0.291 e. The lowest BCUT2D eigenvalue weighted by atomic mass is 10.2. The Kier molecular flexibility index (Phi) is 5.43. The van der Waals surface area contributed by atoms with Gasteiger partial charge >= 0.3 is 0 Å². The van der Waals surface area contributed by atoms with E-state index in [1.165, 1.54) is 24.8 Å². The quantitative estimate of drug-likeness (QED) is 0.523. The number of nitrogens with zero attached hydrogens (tertiary/aromatic N) is 3. The number of phenolic OH excluding ortho intramolecular Hbond substituents is 1. The summed E-state index contributed by atoms with van der Waals surface area (Å²) in [6.07, 6.45) is 5.62. The largest absolute Gasteiger partial charge is 0.506 e. The van der Waals surface area contributed by atoms with Gasteiger partial charge in [0.15, 0.2) is 0 Å². The third-order valence-corrected chi connectivity index (χ3v) is 4.40. The van der Waals surface area contributed by atoms with Gasteiger partial charge in [-0.25, -0.2) is 10.4 Å². The van der Waals surface area contributed by atoms with Crippen LogP contribution in [-0.4, -0.2) is 27.2 Å². The van der Waals surface area contributed by atoms with E-state index in [0.717, 1.165) is 0 Å². The van der Waals surface area contributed by atoms with Gasteiger partial charge in [0.1, 0.15) is 11.4 Å². The van der Waals surface area contributed by atoms with Crippen LogP contribution in [0.25, 0.3) is 0 Å². The summed E-state index contributed by atoms with van der Waals surface area (Å²) in [5.41, 5.74) is 3.07. The van der Waals surface area contributed by atoms with Crippen molar-refractivity contribution < 1.29 is 9.90 Å². The average Bonchev–Trinajstić information content (AvgIpc) is 2.49. The summed E-state index contributed by atoms with van der Waals surface area (Å²) in [5, 5.41) is 13.6. The van der Waals surface area contributed by atoms with E-state index in [2.05, 4.69) is 68.3 Å². The Morgan fingerprint density at radius 1 is 1.29 bits per heavy atom. The van der Waals surface area contributed by atoms with Gasteiger partial charge in [-0.05, 0) is 37.9 Å². The molecule has 1 aromatic heterocycles. The molecule has 0 saturated heterocycles. The maximum absolute atomic E-state index is 11.7. The number of carbonyl (C=O) groups excluding carboxylic acids is 1. The number of nitrogens with one attached hydrogen (secondary N) is 1. The third-order valence-electron chi connectivity index (χ3n) is 2.34. The lowest BCUT2D eigenvalue weighted by Gasteiger charge is -2.06. The summed E-state index contributed by atoms with van der Waals surface area (Å²) in [6.45, 7) is 0. The summed E-state index contributed by atoms with van der Waals surface area (Å²) < 4.78 is 1.67. The van der Waals surface area contributed by atoms with Crippen LogP contribution >= 0.6 is 47.8 Å². The number of aromatic nitrogens is 2. The molecule has 2 rings (SSSR count). The Morgan fingerprint density at radius 2 is 2.05 bits per heavy atom. The minimum Gasteiger partial charge on any atom is -0.506 e. The number of benzene rings is 1.